The normalized spacial score (nSPS) is 13.7. The Balaban J connectivity index is 1.61. The highest BCUT2D eigenvalue weighted by atomic mass is 32.1. The zero-order valence-corrected chi connectivity index (χ0v) is 17.4. The lowest BCUT2D eigenvalue weighted by Gasteiger charge is -2.11. The molecule has 2 aromatic carbocycles. The molecule has 6 nitrogen and oxygen atoms in total. The molecule has 0 bridgehead atoms. The van der Waals surface area contributed by atoms with E-state index in [9.17, 15) is 9.59 Å². The van der Waals surface area contributed by atoms with Crippen molar-refractivity contribution in [1.29, 1.82) is 0 Å². The molecule has 0 aliphatic carbocycles. The molecular weight excluding hydrogens is 404 g/mol. The lowest BCUT2D eigenvalue weighted by atomic mass is 10.1. The predicted octanol–water partition coefficient (Wildman–Crippen LogP) is 4.91. The van der Waals surface area contributed by atoms with E-state index >= 15 is 0 Å². The number of carbonyl (C=O) groups is 2. The molecule has 0 N–H and O–H groups in total. The van der Waals surface area contributed by atoms with Gasteiger partial charge in [0.1, 0.15) is 23.0 Å². The van der Waals surface area contributed by atoms with E-state index in [1.54, 1.807) is 43.3 Å². The van der Waals surface area contributed by atoms with Crippen LogP contribution in [0.3, 0.4) is 0 Å². The molecule has 0 radical (unpaired) electrons. The SMILES string of the molecule is COc1cc(OC)cc(C(=O)Oc2ccc3c(c2C)O/C(=C\c2cccs2)C3=O)c1. The van der Waals surface area contributed by atoms with E-state index in [1.807, 2.05) is 17.5 Å². The number of Topliss-reactive ketones (excluding diaryl/α,β-unsaturated/α-hetero) is 1. The lowest BCUT2D eigenvalue weighted by Crippen LogP contribution is -2.10. The van der Waals surface area contributed by atoms with Crippen molar-refractivity contribution in [3.05, 3.63) is 75.2 Å². The van der Waals surface area contributed by atoms with E-state index in [4.69, 9.17) is 18.9 Å². The molecule has 0 spiro atoms. The van der Waals surface area contributed by atoms with Crippen LogP contribution in [-0.2, 0) is 0 Å². The van der Waals surface area contributed by atoms with E-state index in [0.717, 1.165) is 4.88 Å². The molecule has 0 atom stereocenters. The fraction of sp³-hybridized carbons (Fsp3) is 0.130. The van der Waals surface area contributed by atoms with Gasteiger partial charge in [-0.2, -0.15) is 0 Å². The highest BCUT2D eigenvalue weighted by molar-refractivity contribution is 7.10. The number of hydrogen-bond donors (Lipinski definition) is 0. The second kappa shape index (κ2) is 8.04. The van der Waals surface area contributed by atoms with Gasteiger partial charge in [-0.3, -0.25) is 4.79 Å². The Hall–Kier alpha value is -3.58. The van der Waals surface area contributed by atoms with Crippen LogP contribution in [0, 0.1) is 6.92 Å². The van der Waals surface area contributed by atoms with Crippen LogP contribution >= 0.6 is 11.3 Å². The average Bonchev–Trinajstić information content (AvgIpc) is 3.38. The minimum absolute atomic E-state index is 0.197. The molecule has 152 valence electrons. The fourth-order valence-corrected chi connectivity index (χ4v) is 3.71. The first-order valence-corrected chi connectivity index (χ1v) is 9.94. The molecule has 0 unspecified atom stereocenters. The molecule has 7 heteroatoms. The summed E-state index contributed by atoms with van der Waals surface area (Å²) in [6, 6.07) is 11.8. The number of allylic oxidation sites excluding steroid dienone is 1. The van der Waals surface area contributed by atoms with E-state index in [0.29, 0.717) is 34.1 Å². The van der Waals surface area contributed by atoms with E-state index in [-0.39, 0.29) is 17.1 Å². The summed E-state index contributed by atoms with van der Waals surface area (Å²) in [7, 11) is 3.01. The number of fused-ring (bicyclic) bond motifs is 1. The number of hydrogen-bond acceptors (Lipinski definition) is 7. The Morgan fingerprint density at radius 1 is 1.07 bits per heavy atom. The van der Waals surface area contributed by atoms with Gasteiger partial charge in [-0.1, -0.05) is 6.07 Å². The third-order valence-electron chi connectivity index (χ3n) is 4.64. The van der Waals surface area contributed by atoms with Gasteiger partial charge in [-0.05, 0) is 42.6 Å². The maximum atomic E-state index is 12.7. The molecule has 1 aromatic heterocycles. The van der Waals surface area contributed by atoms with Gasteiger partial charge in [0.05, 0.1) is 25.3 Å². The maximum Gasteiger partial charge on any atom is 0.343 e. The van der Waals surface area contributed by atoms with Gasteiger partial charge in [-0.25, -0.2) is 4.79 Å². The highest BCUT2D eigenvalue weighted by Crippen LogP contribution is 2.39. The highest BCUT2D eigenvalue weighted by Gasteiger charge is 2.30. The van der Waals surface area contributed by atoms with Crippen LogP contribution in [-0.4, -0.2) is 26.0 Å². The molecule has 0 saturated carbocycles. The standard InChI is InChI=1S/C23H18O6S/c1-13-19(29-23(25)14-9-15(26-2)11-16(10-14)27-3)7-6-18-21(24)20(28-22(13)18)12-17-5-4-8-30-17/h4-12H,1-3H3/b20-12-. The average molecular weight is 422 g/mol. The number of benzene rings is 2. The summed E-state index contributed by atoms with van der Waals surface area (Å²) in [4.78, 5) is 26.3. The molecule has 4 rings (SSSR count). The number of carbonyl (C=O) groups excluding carboxylic acids is 2. The number of esters is 1. The van der Waals surface area contributed by atoms with Crippen LogP contribution in [0.25, 0.3) is 6.08 Å². The van der Waals surface area contributed by atoms with Crippen LogP contribution in [0.15, 0.2) is 53.6 Å². The Bertz CT molecular complexity index is 1140. The van der Waals surface area contributed by atoms with Gasteiger partial charge in [0.25, 0.3) is 0 Å². The van der Waals surface area contributed by atoms with Crippen LogP contribution in [0.1, 0.15) is 31.2 Å². The number of rotatable bonds is 5. The van der Waals surface area contributed by atoms with Gasteiger partial charge in [0, 0.05) is 22.6 Å². The zero-order valence-electron chi connectivity index (χ0n) is 16.6. The van der Waals surface area contributed by atoms with Crippen molar-refractivity contribution >= 4 is 29.2 Å². The largest absolute Gasteiger partial charge is 0.497 e. The van der Waals surface area contributed by atoms with E-state index < -0.39 is 5.97 Å². The summed E-state index contributed by atoms with van der Waals surface area (Å²) in [5, 5.41) is 1.93. The van der Waals surface area contributed by atoms with Crippen molar-refractivity contribution in [3.8, 4) is 23.0 Å². The first-order chi connectivity index (χ1) is 14.5. The number of ether oxygens (including phenoxy) is 4. The van der Waals surface area contributed by atoms with Crippen molar-refractivity contribution in [2.75, 3.05) is 14.2 Å². The Kier molecular flexibility index (Phi) is 5.29. The van der Waals surface area contributed by atoms with E-state index in [1.165, 1.54) is 25.6 Å². The Morgan fingerprint density at radius 2 is 1.80 bits per heavy atom. The molecule has 0 saturated heterocycles. The van der Waals surface area contributed by atoms with Crippen molar-refractivity contribution in [2.45, 2.75) is 6.92 Å². The molecule has 0 amide bonds. The van der Waals surface area contributed by atoms with E-state index in [2.05, 4.69) is 0 Å². The van der Waals surface area contributed by atoms with Crippen LogP contribution in [0.4, 0.5) is 0 Å². The third kappa shape index (κ3) is 3.67. The molecule has 0 fully saturated rings. The van der Waals surface area contributed by atoms with Crippen LogP contribution in [0.2, 0.25) is 0 Å². The summed E-state index contributed by atoms with van der Waals surface area (Å²) in [5.74, 6) is 1.14. The quantitative estimate of drug-likeness (QED) is 0.331. The van der Waals surface area contributed by atoms with Crippen LogP contribution < -0.4 is 18.9 Å². The summed E-state index contributed by atoms with van der Waals surface area (Å²) in [6.45, 7) is 1.75. The van der Waals surface area contributed by atoms with Crippen molar-refractivity contribution < 1.29 is 28.5 Å². The van der Waals surface area contributed by atoms with Crippen molar-refractivity contribution in [2.24, 2.45) is 0 Å². The summed E-state index contributed by atoms with van der Waals surface area (Å²) >= 11 is 1.51. The molecule has 3 aromatic rings. The summed E-state index contributed by atoms with van der Waals surface area (Å²) in [6.07, 6.45) is 1.71. The zero-order chi connectivity index (χ0) is 21.3. The molecule has 30 heavy (non-hydrogen) atoms. The predicted molar refractivity (Wildman–Crippen MR) is 113 cm³/mol. The number of methoxy groups -OCH3 is 2. The molecular formula is C23H18O6S. The second-order valence-corrected chi connectivity index (χ2v) is 7.49. The minimum Gasteiger partial charge on any atom is -0.497 e. The van der Waals surface area contributed by atoms with Crippen molar-refractivity contribution in [1.82, 2.24) is 0 Å². The van der Waals surface area contributed by atoms with Gasteiger partial charge >= 0.3 is 5.97 Å². The third-order valence-corrected chi connectivity index (χ3v) is 5.46. The van der Waals surface area contributed by atoms with Gasteiger partial charge in [0.2, 0.25) is 5.78 Å². The summed E-state index contributed by atoms with van der Waals surface area (Å²) < 4.78 is 21.8. The molecule has 2 heterocycles. The van der Waals surface area contributed by atoms with Crippen LogP contribution in [0.5, 0.6) is 23.0 Å². The topological polar surface area (TPSA) is 71.1 Å². The summed E-state index contributed by atoms with van der Waals surface area (Å²) in [5.41, 5.74) is 1.29. The second-order valence-electron chi connectivity index (χ2n) is 6.51. The Labute approximate surface area is 177 Å². The first kappa shape index (κ1) is 19.7. The van der Waals surface area contributed by atoms with Gasteiger partial charge < -0.3 is 18.9 Å². The molecule has 1 aliphatic rings. The van der Waals surface area contributed by atoms with Gasteiger partial charge in [-0.15, -0.1) is 11.3 Å². The Morgan fingerprint density at radius 3 is 2.43 bits per heavy atom. The number of ketones is 1. The monoisotopic (exact) mass is 422 g/mol. The molecule has 1 aliphatic heterocycles. The van der Waals surface area contributed by atoms with Gasteiger partial charge in [0.15, 0.2) is 5.76 Å². The maximum absolute atomic E-state index is 12.7. The smallest absolute Gasteiger partial charge is 0.343 e. The van der Waals surface area contributed by atoms with Crippen molar-refractivity contribution in [3.63, 3.8) is 0 Å². The fourth-order valence-electron chi connectivity index (χ4n) is 3.07. The first-order valence-electron chi connectivity index (χ1n) is 9.06. The minimum atomic E-state index is -0.575. The number of thiophene rings is 1. The lowest BCUT2D eigenvalue weighted by molar-refractivity contribution is 0.0732.